The van der Waals surface area contributed by atoms with E-state index in [1.165, 1.54) is 51.5 Å². The van der Waals surface area contributed by atoms with Gasteiger partial charge in [-0.25, -0.2) is 0 Å². The fraction of sp³-hybridized carbons (Fsp3) is 0.846. The Kier molecular flexibility index (Phi) is 2.16. The predicted octanol–water partition coefficient (Wildman–Crippen LogP) is 3.11. The molecule has 0 radical (unpaired) electrons. The molecule has 3 aliphatic rings. The highest BCUT2D eigenvalue weighted by Crippen LogP contribution is 2.40. The van der Waals surface area contributed by atoms with Crippen molar-refractivity contribution in [3.05, 3.63) is 11.1 Å². The number of rotatable bonds is 0. The van der Waals surface area contributed by atoms with Crippen molar-refractivity contribution >= 4 is 0 Å². The van der Waals surface area contributed by atoms with Gasteiger partial charge in [0.05, 0.1) is 0 Å². The zero-order chi connectivity index (χ0) is 9.54. The van der Waals surface area contributed by atoms with E-state index >= 15 is 0 Å². The highest BCUT2D eigenvalue weighted by molar-refractivity contribution is 5.26. The van der Waals surface area contributed by atoms with E-state index in [-0.39, 0.29) is 0 Å². The average molecular weight is 191 g/mol. The van der Waals surface area contributed by atoms with E-state index in [2.05, 4.69) is 11.8 Å². The van der Waals surface area contributed by atoms with E-state index < -0.39 is 0 Å². The van der Waals surface area contributed by atoms with Crippen molar-refractivity contribution in [2.75, 3.05) is 6.54 Å². The summed E-state index contributed by atoms with van der Waals surface area (Å²) in [7, 11) is 0. The van der Waals surface area contributed by atoms with Crippen molar-refractivity contribution in [1.29, 1.82) is 0 Å². The number of hydrogen-bond donors (Lipinski definition) is 0. The SMILES string of the molecule is CC1=C2CCCC[C@H]2N2CCC[C@H]2C1. The molecule has 0 aromatic heterocycles. The first-order chi connectivity index (χ1) is 6.86. The van der Waals surface area contributed by atoms with E-state index in [1.54, 1.807) is 5.57 Å². The average Bonchev–Trinajstić information content (AvgIpc) is 2.66. The van der Waals surface area contributed by atoms with Gasteiger partial charge in [-0.3, -0.25) is 4.90 Å². The van der Waals surface area contributed by atoms with Crippen LogP contribution >= 0.6 is 0 Å². The van der Waals surface area contributed by atoms with Crippen LogP contribution in [0.25, 0.3) is 0 Å². The van der Waals surface area contributed by atoms with Gasteiger partial charge in [0.25, 0.3) is 0 Å². The molecule has 1 saturated heterocycles. The van der Waals surface area contributed by atoms with E-state index in [4.69, 9.17) is 0 Å². The highest BCUT2D eigenvalue weighted by Gasteiger charge is 2.37. The summed E-state index contributed by atoms with van der Waals surface area (Å²) in [5.41, 5.74) is 3.58. The molecule has 0 amide bonds. The van der Waals surface area contributed by atoms with Gasteiger partial charge in [-0.15, -0.1) is 0 Å². The van der Waals surface area contributed by atoms with Crippen LogP contribution in [0.15, 0.2) is 11.1 Å². The van der Waals surface area contributed by atoms with Crippen LogP contribution in [0.4, 0.5) is 0 Å². The molecule has 2 fully saturated rings. The third-order valence-corrected chi connectivity index (χ3v) is 4.49. The van der Waals surface area contributed by atoms with Crippen molar-refractivity contribution in [3.8, 4) is 0 Å². The molecule has 0 spiro atoms. The largest absolute Gasteiger partial charge is 0.293 e. The Labute approximate surface area is 87.2 Å². The minimum absolute atomic E-state index is 0.866. The molecule has 1 nitrogen and oxygen atoms in total. The van der Waals surface area contributed by atoms with Crippen molar-refractivity contribution in [2.24, 2.45) is 0 Å². The molecular weight excluding hydrogens is 170 g/mol. The molecule has 0 bridgehead atoms. The van der Waals surface area contributed by atoms with Gasteiger partial charge in [0, 0.05) is 12.1 Å². The van der Waals surface area contributed by atoms with Crippen LogP contribution in [-0.4, -0.2) is 23.5 Å². The molecule has 3 rings (SSSR count). The quantitative estimate of drug-likeness (QED) is 0.532. The van der Waals surface area contributed by atoms with Crippen LogP contribution in [0.2, 0.25) is 0 Å². The Morgan fingerprint density at radius 2 is 2.07 bits per heavy atom. The Bertz CT molecular complexity index is 266. The molecule has 0 aromatic rings. The summed E-state index contributed by atoms with van der Waals surface area (Å²) in [4.78, 5) is 2.82. The molecule has 2 atom stereocenters. The summed E-state index contributed by atoms with van der Waals surface area (Å²) in [6.45, 7) is 3.77. The third kappa shape index (κ3) is 1.25. The molecule has 1 heteroatoms. The fourth-order valence-corrected chi connectivity index (χ4v) is 3.83. The molecule has 14 heavy (non-hydrogen) atoms. The second-order valence-corrected chi connectivity index (χ2v) is 5.31. The number of nitrogens with zero attached hydrogens (tertiary/aromatic N) is 1. The van der Waals surface area contributed by atoms with Crippen molar-refractivity contribution < 1.29 is 0 Å². The van der Waals surface area contributed by atoms with Crippen molar-refractivity contribution in [1.82, 2.24) is 4.90 Å². The van der Waals surface area contributed by atoms with Gasteiger partial charge in [-0.05, 0) is 52.0 Å². The lowest BCUT2D eigenvalue weighted by Crippen LogP contribution is -2.45. The van der Waals surface area contributed by atoms with Crippen molar-refractivity contribution in [2.45, 2.75) is 64.0 Å². The zero-order valence-electron chi connectivity index (χ0n) is 9.26. The molecular formula is C13H21N. The fourth-order valence-electron chi connectivity index (χ4n) is 3.83. The van der Waals surface area contributed by atoms with E-state index in [0.717, 1.165) is 12.1 Å². The minimum atomic E-state index is 0.866. The molecule has 0 unspecified atom stereocenters. The van der Waals surface area contributed by atoms with E-state index in [1.807, 2.05) is 5.57 Å². The minimum Gasteiger partial charge on any atom is -0.293 e. The van der Waals surface area contributed by atoms with Gasteiger partial charge < -0.3 is 0 Å². The van der Waals surface area contributed by atoms with Gasteiger partial charge in [0.1, 0.15) is 0 Å². The summed E-state index contributed by atoms with van der Waals surface area (Å²) in [5, 5.41) is 0. The van der Waals surface area contributed by atoms with Crippen LogP contribution in [0, 0.1) is 0 Å². The molecule has 1 saturated carbocycles. The first kappa shape index (κ1) is 8.96. The van der Waals surface area contributed by atoms with E-state index in [0.29, 0.717) is 0 Å². The molecule has 2 heterocycles. The maximum absolute atomic E-state index is 2.82. The van der Waals surface area contributed by atoms with Crippen LogP contribution in [0.1, 0.15) is 51.9 Å². The molecule has 78 valence electrons. The standard InChI is InChI=1S/C13H21N/c1-10-9-11-5-4-8-14(11)13-7-3-2-6-12(10)13/h11,13H,2-9H2,1H3/t11-,13+/m0/s1. The lowest BCUT2D eigenvalue weighted by molar-refractivity contribution is 0.161. The maximum Gasteiger partial charge on any atom is 0.0313 e. The van der Waals surface area contributed by atoms with Gasteiger partial charge >= 0.3 is 0 Å². The van der Waals surface area contributed by atoms with Gasteiger partial charge in [-0.1, -0.05) is 17.6 Å². The van der Waals surface area contributed by atoms with Gasteiger partial charge in [0.15, 0.2) is 0 Å². The van der Waals surface area contributed by atoms with Gasteiger partial charge in [0.2, 0.25) is 0 Å². The molecule has 0 N–H and O–H groups in total. The van der Waals surface area contributed by atoms with Gasteiger partial charge in [-0.2, -0.15) is 0 Å². The summed E-state index contributed by atoms with van der Waals surface area (Å²) < 4.78 is 0. The van der Waals surface area contributed by atoms with Crippen LogP contribution in [0.5, 0.6) is 0 Å². The Morgan fingerprint density at radius 1 is 1.14 bits per heavy atom. The second-order valence-electron chi connectivity index (χ2n) is 5.31. The van der Waals surface area contributed by atoms with Crippen molar-refractivity contribution in [3.63, 3.8) is 0 Å². The summed E-state index contributed by atoms with van der Waals surface area (Å²) in [6, 6.07) is 1.78. The lowest BCUT2D eigenvalue weighted by atomic mass is 9.81. The third-order valence-electron chi connectivity index (χ3n) is 4.49. The first-order valence-electron chi connectivity index (χ1n) is 6.30. The van der Waals surface area contributed by atoms with Crippen LogP contribution in [0.3, 0.4) is 0 Å². The Balaban J connectivity index is 1.92. The zero-order valence-corrected chi connectivity index (χ0v) is 9.26. The first-order valence-corrected chi connectivity index (χ1v) is 6.30. The summed E-state index contributed by atoms with van der Waals surface area (Å²) in [5.74, 6) is 0. The number of fused-ring (bicyclic) bond motifs is 3. The monoisotopic (exact) mass is 191 g/mol. The van der Waals surface area contributed by atoms with E-state index in [9.17, 15) is 0 Å². The normalized spacial score (nSPS) is 38.4. The molecule has 1 aliphatic carbocycles. The summed E-state index contributed by atoms with van der Waals surface area (Å²) in [6.07, 6.45) is 10.0. The Hall–Kier alpha value is -0.300. The Morgan fingerprint density at radius 3 is 3.00 bits per heavy atom. The summed E-state index contributed by atoms with van der Waals surface area (Å²) >= 11 is 0. The number of hydrogen-bond acceptors (Lipinski definition) is 1. The molecule has 0 aromatic carbocycles. The lowest BCUT2D eigenvalue weighted by Gasteiger charge is -2.42. The topological polar surface area (TPSA) is 3.24 Å². The maximum atomic E-state index is 2.82. The molecule has 2 aliphatic heterocycles. The highest BCUT2D eigenvalue weighted by atomic mass is 15.2. The smallest absolute Gasteiger partial charge is 0.0313 e. The predicted molar refractivity (Wildman–Crippen MR) is 59.3 cm³/mol. The van der Waals surface area contributed by atoms with Crippen LogP contribution in [-0.2, 0) is 0 Å². The van der Waals surface area contributed by atoms with Crippen LogP contribution < -0.4 is 0 Å². The second kappa shape index (κ2) is 3.37.